The van der Waals surface area contributed by atoms with Crippen LogP contribution in [0.3, 0.4) is 0 Å². The molecule has 5 heteroatoms. The van der Waals surface area contributed by atoms with Gasteiger partial charge in [0.05, 0.1) is 59.3 Å². The molecule has 7 aromatic rings. The highest BCUT2D eigenvalue weighted by atomic mass is 16.7. The van der Waals surface area contributed by atoms with Crippen LogP contribution in [0, 0.1) is 0 Å². The van der Waals surface area contributed by atoms with Gasteiger partial charge in [-0.05, 0) is 63.9 Å². The molecule has 41 heavy (non-hydrogen) atoms. The summed E-state index contributed by atoms with van der Waals surface area (Å²) in [6, 6.07) is -14.4. The zero-order valence-electron chi connectivity index (χ0n) is 41.3. The van der Waals surface area contributed by atoms with Crippen LogP contribution in [-0.2, 0) is 9.31 Å². The molecule has 0 unspecified atom stereocenters. The van der Waals surface area contributed by atoms with E-state index in [0.29, 0.717) is 0 Å². The number of hydrogen-bond acceptors (Lipinski definition) is 2. The molecule has 0 spiro atoms. The predicted octanol–water partition coefficient (Wildman–Crippen LogP) is 8.18. The van der Waals surface area contributed by atoms with Gasteiger partial charge in [0.1, 0.15) is 0 Å². The van der Waals surface area contributed by atoms with Crippen LogP contribution in [0.1, 0.15) is 53.7 Å². The molecular formula is C36H31BN2O2. The molecule has 2 aromatic heterocycles. The normalized spacial score (nSPS) is 22.9. The molecule has 1 fully saturated rings. The summed E-state index contributed by atoms with van der Waals surface area (Å²) in [6.45, 7) is 6.65. The fourth-order valence-corrected chi connectivity index (χ4v) is 5.22. The summed E-state index contributed by atoms with van der Waals surface area (Å²) < 4.78 is 185. The Morgan fingerprint density at radius 2 is 0.805 bits per heavy atom. The van der Waals surface area contributed by atoms with Crippen molar-refractivity contribution >= 4 is 56.2 Å². The van der Waals surface area contributed by atoms with Gasteiger partial charge in [-0.1, -0.05) is 78.6 Å². The minimum atomic E-state index is -1.73. The van der Waals surface area contributed by atoms with Crippen LogP contribution < -0.4 is 5.46 Å². The Bertz CT molecular complexity index is 2820. The van der Waals surface area contributed by atoms with E-state index in [1.54, 1.807) is 27.7 Å². The van der Waals surface area contributed by atoms with Gasteiger partial charge in [-0.2, -0.15) is 0 Å². The average Bonchev–Trinajstić information content (AvgIpc) is 3.80. The number of hydrogen-bond donors (Lipinski definition) is 0. The SMILES string of the molecule is [2H]c1c([2H])c(-n2c3c([2H])c([2H])c([2H])c([2H])c3c3c([2H])c([2H])c([2H])c([2H])c32)c(B2OC(C)(C)C(C)(C)O2)c(-n2c3c([2H])c([2H])c([2H])c([2H])c3c3c([2H])c([2H])c([2H])c([2H])c32)c1[2H]. The molecule has 0 radical (unpaired) electrons. The Labute approximate surface area is 266 Å². The van der Waals surface area contributed by atoms with Gasteiger partial charge in [0.15, 0.2) is 0 Å². The van der Waals surface area contributed by atoms with Gasteiger partial charge in [0.25, 0.3) is 0 Å². The van der Waals surface area contributed by atoms with Crippen LogP contribution in [0.4, 0.5) is 0 Å². The maximum absolute atomic E-state index is 9.55. The van der Waals surface area contributed by atoms with Crippen LogP contribution in [0.5, 0.6) is 0 Å². The highest BCUT2D eigenvalue weighted by molar-refractivity contribution is 6.65. The second-order valence-electron chi connectivity index (χ2n) is 10.6. The third-order valence-electron chi connectivity index (χ3n) is 7.87. The van der Waals surface area contributed by atoms with E-state index >= 15 is 0 Å². The Balaban J connectivity index is 1.77. The molecule has 1 aliphatic heterocycles. The van der Waals surface area contributed by atoms with Crippen LogP contribution in [0.15, 0.2) is 115 Å². The van der Waals surface area contributed by atoms with E-state index in [4.69, 9.17) is 31.2 Å². The summed E-state index contributed by atoms with van der Waals surface area (Å²) in [4.78, 5) is 0. The summed E-state index contributed by atoms with van der Waals surface area (Å²) in [5, 5.41) is -1.48. The maximum Gasteiger partial charge on any atom is 0.499 e. The zero-order valence-corrected chi connectivity index (χ0v) is 22.3. The lowest BCUT2D eigenvalue weighted by molar-refractivity contribution is 0.00578. The van der Waals surface area contributed by atoms with Gasteiger partial charge in [0, 0.05) is 38.4 Å². The fraction of sp³-hybridized carbons (Fsp3) is 0.167. The van der Waals surface area contributed by atoms with Gasteiger partial charge in [-0.3, -0.25) is 0 Å². The molecule has 1 saturated heterocycles. The molecule has 0 bridgehead atoms. The minimum absolute atomic E-state index is 0.370. The van der Waals surface area contributed by atoms with Crippen molar-refractivity contribution in [1.29, 1.82) is 0 Å². The lowest BCUT2D eigenvalue weighted by atomic mass is 9.76. The molecule has 4 nitrogen and oxygen atoms in total. The first-order valence-corrected chi connectivity index (χ1v) is 12.8. The van der Waals surface area contributed by atoms with Gasteiger partial charge in [-0.15, -0.1) is 0 Å². The van der Waals surface area contributed by atoms with Crippen molar-refractivity contribution in [3.63, 3.8) is 0 Å². The Hall–Kier alpha value is -4.32. The van der Waals surface area contributed by atoms with E-state index in [1.807, 2.05) is 0 Å². The highest BCUT2D eigenvalue weighted by Crippen LogP contribution is 2.40. The fourth-order valence-electron chi connectivity index (χ4n) is 5.22. The topological polar surface area (TPSA) is 28.3 Å². The van der Waals surface area contributed by atoms with E-state index in [9.17, 15) is 4.11 Å². The quantitative estimate of drug-likeness (QED) is 0.207. The van der Waals surface area contributed by atoms with Crippen molar-refractivity contribution in [2.24, 2.45) is 0 Å². The summed E-state index contributed by atoms with van der Waals surface area (Å²) in [5.41, 5.74) is -5.74. The van der Waals surface area contributed by atoms with Gasteiger partial charge < -0.3 is 18.4 Å². The number of rotatable bonds is 3. The Morgan fingerprint density at radius 3 is 1.15 bits per heavy atom. The molecular weight excluding hydrogens is 503 g/mol. The third-order valence-corrected chi connectivity index (χ3v) is 7.87. The first-order chi connectivity index (χ1) is 27.7. The lowest BCUT2D eigenvalue weighted by Gasteiger charge is -2.32. The van der Waals surface area contributed by atoms with Crippen molar-refractivity contribution in [3.05, 3.63) is 115 Å². The molecule has 8 rings (SSSR count). The Kier molecular flexibility index (Phi) is 2.49. The van der Waals surface area contributed by atoms with E-state index in [0.717, 1.165) is 9.13 Å². The Morgan fingerprint density at radius 1 is 0.488 bits per heavy atom. The standard InChI is InChI=1S/C36H31BN2O2/c1-35(2)36(3,4)41-37(40-35)34-32(38-28-18-9-5-14-24(28)25-15-6-10-19-29(25)38)22-13-23-33(34)39-30-20-11-7-16-26(30)27-17-8-12-21-31(27)39/h5-23H,1-4H3/i5D,6D,7D,8D,9D,10D,11D,12D,13D,14D,15D,16D,17D,18D,19D,20D,21D,22D,23D. The minimum Gasteiger partial charge on any atom is -0.399 e. The summed E-state index contributed by atoms with van der Waals surface area (Å²) in [6.07, 6.45) is 0. The molecule has 0 N–H and O–H groups in total. The number of fused-ring (bicyclic) bond motifs is 6. The molecule has 0 amide bonds. The van der Waals surface area contributed by atoms with Gasteiger partial charge in [-0.25, -0.2) is 0 Å². The van der Waals surface area contributed by atoms with Crippen molar-refractivity contribution in [2.75, 3.05) is 0 Å². The van der Waals surface area contributed by atoms with Crippen LogP contribution in [-0.4, -0.2) is 27.5 Å². The van der Waals surface area contributed by atoms with E-state index in [-0.39, 0.29) is 21.5 Å². The number of nitrogens with zero attached hydrogens (tertiary/aromatic N) is 2. The third kappa shape index (κ3) is 3.43. The van der Waals surface area contributed by atoms with E-state index in [1.165, 1.54) is 0 Å². The summed E-state index contributed by atoms with van der Waals surface area (Å²) in [7, 11) is -1.73. The highest BCUT2D eigenvalue weighted by Gasteiger charge is 2.53. The molecule has 0 aliphatic carbocycles. The van der Waals surface area contributed by atoms with Crippen LogP contribution in [0.25, 0.3) is 55.0 Å². The number of para-hydroxylation sites is 4. The number of aromatic nitrogens is 2. The lowest BCUT2D eigenvalue weighted by Crippen LogP contribution is -2.41. The van der Waals surface area contributed by atoms with Gasteiger partial charge >= 0.3 is 7.12 Å². The van der Waals surface area contributed by atoms with E-state index < -0.39 is 172 Å². The molecule has 0 atom stereocenters. The number of benzene rings is 5. The molecule has 1 aliphatic rings. The molecule has 200 valence electrons. The van der Waals surface area contributed by atoms with Crippen LogP contribution in [0.2, 0.25) is 0 Å². The van der Waals surface area contributed by atoms with Crippen molar-refractivity contribution in [3.8, 4) is 11.4 Å². The van der Waals surface area contributed by atoms with Crippen molar-refractivity contribution < 1.29 is 35.4 Å². The molecule has 3 heterocycles. The largest absolute Gasteiger partial charge is 0.499 e. The molecule has 0 saturated carbocycles. The van der Waals surface area contributed by atoms with Crippen molar-refractivity contribution in [2.45, 2.75) is 38.9 Å². The average molecular weight is 554 g/mol. The van der Waals surface area contributed by atoms with Crippen LogP contribution >= 0.6 is 0 Å². The second-order valence-corrected chi connectivity index (χ2v) is 10.6. The maximum atomic E-state index is 9.55. The summed E-state index contributed by atoms with van der Waals surface area (Å²) in [5.74, 6) is 0. The predicted molar refractivity (Wildman–Crippen MR) is 171 cm³/mol. The second kappa shape index (κ2) is 8.59. The molecule has 5 aromatic carbocycles. The monoisotopic (exact) mass is 553 g/mol. The first-order valence-electron chi connectivity index (χ1n) is 22.3. The zero-order chi connectivity index (χ0) is 44.5. The van der Waals surface area contributed by atoms with Gasteiger partial charge in [0.2, 0.25) is 0 Å². The smallest absolute Gasteiger partial charge is 0.399 e. The van der Waals surface area contributed by atoms with E-state index in [2.05, 4.69) is 0 Å². The van der Waals surface area contributed by atoms with Crippen molar-refractivity contribution in [1.82, 2.24) is 9.13 Å². The first kappa shape index (κ1) is 11.9. The summed E-state index contributed by atoms with van der Waals surface area (Å²) >= 11 is 0.